The number of hydrogen-bond donors (Lipinski definition) is 1. The number of likely N-dealkylation sites (tertiary alicyclic amines) is 1. The number of amides is 1. The van der Waals surface area contributed by atoms with Gasteiger partial charge in [0.05, 0.1) is 11.7 Å². The summed E-state index contributed by atoms with van der Waals surface area (Å²) in [6, 6.07) is 18.2. The van der Waals surface area contributed by atoms with Crippen LogP contribution in [0.2, 0.25) is 0 Å². The first-order valence-corrected chi connectivity index (χ1v) is 13.3. The number of hydrogen-bond acceptors (Lipinski definition) is 8. The lowest BCUT2D eigenvalue weighted by Gasteiger charge is -2.29. The third kappa shape index (κ3) is 5.29. The average Bonchev–Trinajstić information content (AvgIpc) is 3.55. The fraction of sp³-hybridized carbons (Fsp3) is 0.300. The standard InChI is InChI=1S/C30H32N8O3/c1-30(2,35(3)4)16-20(17-31)28(39)36-15-14-22(18-36)38-27-25(26(32)33-19-34-27)37(29(38)40)21-10-12-24(13-11-21)41-23-8-6-5-7-9-23/h5-13,16,19,22H,14-15,18H2,1-4H3,(H2,32,33,34)/b20-16-/t22-/m0/s1. The summed E-state index contributed by atoms with van der Waals surface area (Å²) in [7, 11) is 3.78. The van der Waals surface area contributed by atoms with Crippen molar-refractivity contribution in [3.63, 3.8) is 0 Å². The van der Waals surface area contributed by atoms with Gasteiger partial charge < -0.3 is 20.3 Å². The second kappa shape index (κ2) is 10.9. The van der Waals surface area contributed by atoms with Crippen LogP contribution < -0.4 is 16.2 Å². The summed E-state index contributed by atoms with van der Waals surface area (Å²) in [6.07, 6.45) is 3.53. The molecule has 1 aliphatic rings. The molecule has 0 unspecified atom stereocenters. The summed E-state index contributed by atoms with van der Waals surface area (Å²) >= 11 is 0. The highest BCUT2D eigenvalue weighted by Crippen LogP contribution is 2.29. The first-order chi connectivity index (χ1) is 19.6. The second-order valence-electron chi connectivity index (χ2n) is 10.7. The number of anilines is 1. The number of nitrogens with zero attached hydrogens (tertiary/aromatic N) is 7. The lowest BCUT2D eigenvalue weighted by molar-refractivity contribution is -0.125. The van der Waals surface area contributed by atoms with E-state index < -0.39 is 5.54 Å². The van der Waals surface area contributed by atoms with Gasteiger partial charge in [-0.1, -0.05) is 18.2 Å². The maximum atomic E-state index is 13.9. The lowest BCUT2D eigenvalue weighted by Crippen LogP contribution is -2.38. The molecule has 4 aromatic rings. The van der Waals surface area contributed by atoms with E-state index in [0.29, 0.717) is 41.3 Å². The molecule has 5 rings (SSSR count). The molecule has 0 radical (unpaired) electrons. The third-order valence-electron chi connectivity index (χ3n) is 7.57. The van der Waals surface area contributed by atoms with Gasteiger partial charge in [0, 0.05) is 18.6 Å². The van der Waals surface area contributed by atoms with Crippen molar-refractivity contribution < 1.29 is 9.53 Å². The zero-order valence-electron chi connectivity index (χ0n) is 23.5. The van der Waals surface area contributed by atoms with Crippen LogP contribution in [0, 0.1) is 11.3 Å². The number of likely N-dealkylation sites (N-methyl/N-ethyl adjacent to an activating group) is 1. The topological polar surface area (TPSA) is 135 Å². The summed E-state index contributed by atoms with van der Waals surface area (Å²) in [5, 5.41) is 9.75. The monoisotopic (exact) mass is 552 g/mol. The Bertz CT molecular complexity index is 1710. The van der Waals surface area contributed by atoms with E-state index in [9.17, 15) is 14.9 Å². The molecule has 0 aliphatic carbocycles. The molecule has 1 amide bonds. The van der Waals surface area contributed by atoms with Gasteiger partial charge in [-0.15, -0.1) is 0 Å². The van der Waals surface area contributed by atoms with Crippen LogP contribution in [0.15, 0.2) is 77.4 Å². The fourth-order valence-electron chi connectivity index (χ4n) is 4.86. The summed E-state index contributed by atoms with van der Waals surface area (Å²) < 4.78 is 8.96. The minimum atomic E-state index is -0.486. The molecule has 41 heavy (non-hydrogen) atoms. The van der Waals surface area contributed by atoms with Crippen molar-refractivity contribution in [2.75, 3.05) is 32.9 Å². The molecule has 1 fully saturated rings. The molecule has 1 atom stereocenters. The molecule has 2 aromatic heterocycles. The van der Waals surface area contributed by atoms with Gasteiger partial charge >= 0.3 is 5.69 Å². The molecule has 0 spiro atoms. The fourth-order valence-corrected chi connectivity index (χ4v) is 4.86. The Morgan fingerprint density at radius 3 is 2.46 bits per heavy atom. The van der Waals surface area contributed by atoms with Crippen molar-refractivity contribution in [2.24, 2.45) is 0 Å². The van der Waals surface area contributed by atoms with E-state index in [4.69, 9.17) is 10.5 Å². The van der Waals surface area contributed by atoms with Crippen LogP contribution >= 0.6 is 0 Å². The number of aromatic nitrogens is 4. The first kappa shape index (κ1) is 27.6. The molecular weight excluding hydrogens is 520 g/mol. The van der Waals surface area contributed by atoms with Gasteiger partial charge in [-0.2, -0.15) is 5.26 Å². The predicted octanol–water partition coefficient (Wildman–Crippen LogP) is 3.52. The van der Waals surface area contributed by atoms with Crippen molar-refractivity contribution in [2.45, 2.75) is 31.8 Å². The van der Waals surface area contributed by atoms with E-state index in [1.54, 1.807) is 39.8 Å². The van der Waals surface area contributed by atoms with Crippen molar-refractivity contribution in [1.29, 1.82) is 5.26 Å². The Kier molecular flexibility index (Phi) is 7.34. The lowest BCUT2D eigenvalue weighted by atomic mass is 10.00. The zero-order chi connectivity index (χ0) is 29.3. The van der Waals surface area contributed by atoms with Crippen LogP contribution in [0.3, 0.4) is 0 Å². The Morgan fingerprint density at radius 2 is 1.80 bits per heavy atom. The van der Waals surface area contributed by atoms with Gasteiger partial charge in [0.15, 0.2) is 11.5 Å². The third-order valence-corrected chi connectivity index (χ3v) is 7.57. The van der Waals surface area contributed by atoms with Crippen LogP contribution in [-0.4, -0.2) is 67.5 Å². The van der Waals surface area contributed by atoms with Crippen molar-refractivity contribution in [3.05, 3.63) is 83.1 Å². The van der Waals surface area contributed by atoms with Crippen LogP contribution in [0.4, 0.5) is 5.82 Å². The molecule has 210 valence electrons. The van der Waals surface area contributed by atoms with E-state index in [1.165, 1.54) is 10.9 Å². The summed E-state index contributed by atoms with van der Waals surface area (Å²) in [5.41, 5.74) is 6.86. The van der Waals surface area contributed by atoms with E-state index >= 15 is 0 Å². The van der Waals surface area contributed by atoms with Crippen LogP contribution in [0.5, 0.6) is 11.5 Å². The minimum Gasteiger partial charge on any atom is -0.457 e. The van der Waals surface area contributed by atoms with Crippen LogP contribution in [0.25, 0.3) is 16.9 Å². The number of carbonyl (C=O) groups excluding carboxylic acids is 1. The summed E-state index contributed by atoms with van der Waals surface area (Å²) in [4.78, 5) is 39.3. The number of rotatable bonds is 7. The highest BCUT2D eigenvalue weighted by atomic mass is 16.5. The van der Waals surface area contributed by atoms with Gasteiger partial charge in [0.1, 0.15) is 35.0 Å². The van der Waals surface area contributed by atoms with Crippen molar-refractivity contribution >= 4 is 22.9 Å². The molecule has 1 aliphatic heterocycles. The highest BCUT2D eigenvalue weighted by Gasteiger charge is 2.34. The Labute approximate surface area is 237 Å². The van der Waals surface area contributed by atoms with Gasteiger partial charge in [-0.3, -0.25) is 13.9 Å². The predicted molar refractivity (Wildman–Crippen MR) is 156 cm³/mol. The molecule has 11 heteroatoms. The highest BCUT2D eigenvalue weighted by molar-refractivity contribution is 5.97. The Balaban J connectivity index is 1.47. The summed E-state index contributed by atoms with van der Waals surface area (Å²) in [6.45, 7) is 4.52. The maximum Gasteiger partial charge on any atom is 0.335 e. The quantitative estimate of drug-likeness (QED) is 0.272. The Morgan fingerprint density at radius 1 is 1.12 bits per heavy atom. The molecule has 1 saturated heterocycles. The number of nitriles is 1. The normalized spacial score (nSPS) is 15.9. The van der Waals surface area contributed by atoms with Gasteiger partial charge in [0.2, 0.25) is 0 Å². The molecule has 11 nitrogen and oxygen atoms in total. The number of ether oxygens (including phenoxy) is 1. The van der Waals surface area contributed by atoms with Crippen LogP contribution in [0.1, 0.15) is 26.3 Å². The molecule has 3 heterocycles. The average molecular weight is 553 g/mol. The maximum absolute atomic E-state index is 13.9. The smallest absolute Gasteiger partial charge is 0.335 e. The van der Waals surface area contributed by atoms with Gasteiger partial charge in [-0.25, -0.2) is 14.8 Å². The number of carbonyl (C=O) groups is 1. The SMILES string of the molecule is CN(C)C(C)(C)/C=C(/C#N)C(=O)N1CC[C@H](n2c(=O)n(-c3ccc(Oc4ccccc4)cc3)c3c(N)ncnc32)C1. The Hall–Kier alpha value is -4.95. The zero-order valence-corrected chi connectivity index (χ0v) is 23.5. The van der Waals surface area contributed by atoms with Crippen molar-refractivity contribution in [1.82, 2.24) is 28.9 Å². The molecule has 0 saturated carbocycles. The molecule has 2 N–H and O–H groups in total. The number of para-hydroxylation sites is 1. The summed E-state index contributed by atoms with van der Waals surface area (Å²) in [5.74, 6) is 1.13. The molecule has 2 aromatic carbocycles. The van der Waals surface area contributed by atoms with Crippen LogP contribution in [-0.2, 0) is 4.79 Å². The molecular formula is C30H32N8O3. The number of nitrogens with two attached hydrogens (primary N) is 1. The largest absolute Gasteiger partial charge is 0.457 e. The second-order valence-corrected chi connectivity index (χ2v) is 10.7. The van der Waals surface area contributed by atoms with E-state index in [1.807, 2.05) is 63.2 Å². The van der Waals surface area contributed by atoms with Gasteiger partial charge in [0.25, 0.3) is 5.91 Å². The number of imidazole rings is 1. The van der Waals surface area contributed by atoms with E-state index in [2.05, 4.69) is 16.0 Å². The number of benzene rings is 2. The van der Waals surface area contributed by atoms with Gasteiger partial charge in [-0.05, 0) is 76.8 Å². The van der Waals surface area contributed by atoms with E-state index in [-0.39, 0.29) is 35.6 Å². The van der Waals surface area contributed by atoms with E-state index in [0.717, 1.165) is 0 Å². The first-order valence-electron chi connectivity index (χ1n) is 13.3. The molecule has 0 bridgehead atoms. The number of nitrogen functional groups attached to an aromatic ring is 1. The van der Waals surface area contributed by atoms with Crippen molar-refractivity contribution in [3.8, 4) is 23.3 Å². The number of fused-ring (bicyclic) bond motifs is 1. The minimum absolute atomic E-state index is 0.0727.